The lowest BCUT2D eigenvalue weighted by atomic mass is 10.0. The minimum atomic E-state index is -0.994. The van der Waals surface area contributed by atoms with Gasteiger partial charge in [0.15, 0.2) is 0 Å². The van der Waals surface area contributed by atoms with Crippen molar-refractivity contribution in [3.8, 4) is 0 Å². The number of carboxylic acids is 1. The van der Waals surface area contributed by atoms with E-state index in [4.69, 9.17) is 5.11 Å². The van der Waals surface area contributed by atoms with Crippen LogP contribution in [0.5, 0.6) is 0 Å². The van der Waals surface area contributed by atoms with Crippen molar-refractivity contribution in [2.24, 2.45) is 0 Å². The zero-order valence-electron chi connectivity index (χ0n) is 11.0. The third-order valence-electron chi connectivity index (χ3n) is 3.27. The Morgan fingerprint density at radius 3 is 2.53 bits per heavy atom. The van der Waals surface area contributed by atoms with Crippen LogP contribution in [0.2, 0.25) is 0 Å². The molecule has 0 radical (unpaired) electrons. The SMILES string of the molecule is CCC(C)(C)N(C)c1ncc(C(=O)O)c(C)n1. The van der Waals surface area contributed by atoms with Crippen LogP contribution in [0.1, 0.15) is 43.2 Å². The standard InChI is InChI=1S/C12H19N3O2/c1-6-12(3,4)15(5)11-13-7-9(10(16)17)8(2)14-11/h7H,6H2,1-5H3,(H,16,17). The van der Waals surface area contributed by atoms with E-state index >= 15 is 0 Å². The summed E-state index contributed by atoms with van der Waals surface area (Å²) in [5.74, 6) is -0.439. The van der Waals surface area contributed by atoms with Crippen molar-refractivity contribution in [1.82, 2.24) is 9.97 Å². The number of aromatic carboxylic acids is 1. The first kappa shape index (κ1) is 13.4. The average Bonchev–Trinajstić information content (AvgIpc) is 2.27. The van der Waals surface area contributed by atoms with Gasteiger partial charge in [0.1, 0.15) is 0 Å². The molecule has 5 heteroatoms. The molecule has 0 spiro atoms. The minimum Gasteiger partial charge on any atom is -0.478 e. The van der Waals surface area contributed by atoms with E-state index in [0.717, 1.165) is 6.42 Å². The maximum Gasteiger partial charge on any atom is 0.339 e. The van der Waals surface area contributed by atoms with Gasteiger partial charge in [-0.1, -0.05) is 6.92 Å². The van der Waals surface area contributed by atoms with E-state index in [9.17, 15) is 4.79 Å². The summed E-state index contributed by atoms with van der Waals surface area (Å²) in [6.07, 6.45) is 2.31. The van der Waals surface area contributed by atoms with E-state index < -0.39 is 5.97 Å². The molecule has 0 aliphatic carbocycles. The number of aryl methyl sites for hydroxylation is 1. The molecule has 1 rings (SSSR count). The van der Waals surface area contributed by atoms with E-state index in [1.165, 1.54) is 6.20 Å². The quantitative estimate of drug-likeness (QED) is 0.868. The Labute approximate surface area is 102 Å². The second-order valence-corrected chi connectivity index (χ2v) is 4.70. The highest BCUT2D eigenvalue weighted by Crippen LogP contribution is 2.21. The summed E-state index contributed by atoms with van der Waals surface area (Å²) >= 11 is 0. The van der Waals surface area contributed by atoms with Crippen LogP contribution in [-0.4, -0.2) is 33.6 Å². The molecular weight excluding hydrogens is 218 g/mol. The maximum absolute atomic E-state index is 10.9. The van der Waals surface area contributed by atoms with E-state index in [1.807, 2.05) is 11.9 Å². The molecule has 0 saturated carbocycles. The van der Waals surface area contributed by atoms with Gasteiger partial charge in [0.05, 0.1) is 11.3 Å². The summed E-state index contributed by atoms with van der Waals surface area (Å²) in [4.78, 5) is 21.2. The molecule has 0 saturated heterocycles. The molecule has 0 unspecified atom stereocenters. The first-order valence-corrected chi connectivity index (χ1v) is 5.60. The highest BCUT2D eigenvalue weighted by molar-refractivity contribution is 5.88. The van der Waals surface area contributed by atoms with Crippen LogP contribution in [0, 0.1) is 6.92 Å². The molecule has 0 aliphatic rings. The maximum atomic E-state index is 10.9. The molecule has 0 bridgehead atoms. The Bertz CT molecular complexity index is 430. The highest BCUT2D eigenvalue weighted by Gasteiger charge is 2.24. The van der Waals surface area contributed by atoms with Crippen LogP contribution in [0.25, 0.3) is 0 Å². The van der Waals surface area contributed by atoms with Crippen molar-refractivity contribution in [1.29, 1.82) is 0 Å². The largest absolute Gasteiger partial charge is 0.478 e. The predicted octanol–water partition coefficient (Wildman–Crippen LogP) is 2.11. The molecule has 5 nitrogen and oxygen atoms in total. The highest BCUT2D eigenvalue weighted by atomic mass is 16.4. The van der Waals surface area contributed by atoms with Gasteiger partial charge in [-0.15, -0.1) is 0 Å². The third-order valence-corrected chi connectivity index (χ3v) is 3.27. The smallest absolute Gasteiger partial charge is 0.339 e. The topological polar surface area (TPSA) is 66.3 Å². The van der Waals surface area contributed by atoms with Crippen LogP contribution >= 0.6 is 0 Å². The zero-order chi connectivity index (χ0) is 13.2. The number of carbonyl (C=O) groups is 1. The fourth-order valence-electron chi connectivity index (χ4n) is 1.33. The van der Waals surface area contributed by atoms with E-state index in [2.05, 4.69) is 30.7 Å². The lowest BCUT2D eigenvalue weighted by molar-refractivity contribution is 0.0695. The Morgan fingerprint density at radius 1 is 1.53 bits per heavy atom. The van der Waals surface area contributed by atoms with Gasteiger partial charge >= 0.3 is 5.97 Å². The van der Waals surface area contributed by atoms with Crippen LogP contribution in [0.15, 0.2) is 6.20 Å². The molecule has 1 heterocycles. The van der Waals surface area contributed by atoms with E-state index in [1.54, 1.807) is 6.92 Å². The van der Waals surface area contributed by atoms with Gasteiger partial charge in [-0.3, -0.25) is 0 Å². The summed E-state index contributed by atoms with van der Waals surface area (Å²) in [5.41, 5.74) is 0.578. The lowest BCUT2D eigenvalue weighted by Crippen LogP contribution is -2.41. The Hall–Kier alpha value is -1.65. The first-order valence-electron chi connectivity index (χ1n) is 5.60. The normalized spacial score (nSPS) is 11.4. The molecule has 1 aromatic rings. The number of hydrogen-bond acceptors (Lipinski definition) is 4. The molecule has 94 valence electrons. The molecule has 1 N–H and O–H groups in total. The second-order valence-electron chi connectivity index (χ2n) is 4.70. The monoisotopic (exact) mass is 237 g/mol. The zero-order valence-corrected chi connectivity index (χ0v) is 11.0. The molecule has 0 amide bonds. The van der Waals surface area contributed by atoms with Gasteiger partial charge in [0.2, 0.25) is 5.95 Å². The van der Waals surface area contributed by atoms with Crippen LogP contribution in [-0.2, 0) is 0 Å². The summed E-state index contributed by atoms with van der Waals surface area (Å²) in [7, 11) is 1.92. The Morgan fingerprint density at radius 2 is 2.12 bits per heavy atom. The lowest BCUT2D eigenvalue weighted by Gasteiger charge is -2.34. The van der Waals surface area contributed by atoms with Crippen molar-refractivity contribution in [3.05, 3.63) is 17.5 Å². The van der Waals surface area contributed by atoms with Crippen molar-refractivity contribution in [2.45, 2.75) is 39.7 Å². The molecule has 0 aliphatic heterocycles. The van der Waals surface area contributed by atoms with Crippen LogP contribution < -0.4 is 4.90 Å². The van der Waals surface area contributed by atoms with Crippen molar-refractivity contribution in [3.63, 3.8) is 0 Å². The summed E-state index contributed by atoms with van der Waals surface area (Å²) in [5, 5.41) is 8.91. The van der Waals surface area contributed by atoms with Crippen molar-refractivity contribution >= 4 is 11.9 Å². The Kier molecular flexibility index (Phi) is 3.70. The third kappa shape index (κ3) is 2.72. The molecule has 0 aromatic carbocycles. The average molecular weight is 237 g/mol. The summed E-state index contributed by atoms with van der Waals surface area (Å²) < 4.78 is 0. The van der Waals surface area contributed by atoms with E-state index in [-0.39, 0.29) is 11.1 Å². The number of aromatic nitrogens is 2. The molecule has 0 atom stereocenters. The number of hydrogen-bond donors (Lipinski definition) is 1. The molecule has 0 fully saturated rings. The molecule has 17 heavy (non-hydrogen) atoms. The second kappa shape index (κ2) is 4.69. The van der Waals surface area contributed by atoms with Crippen LogP contribution in [0.3, 0.4) is 0 Å². The number of rotatable bonds is 4. The summed E-state index contributed by atoms with van der Waals surface area (Å²) in [6.45, 7) is 7.96. The van der Waals surface area contributed by atoms with Gasteiger partial charge < -0.3 is 10.0 Å². The van der Waals surface area contributed by atoms with Crippen LogP contribution in [0.4, 0.5) is 5.95 Å². The molecule has 1 aromatic heterocycles. The molecular formula is C12H19N3O2. The van der Waals surface area contributed by atoms with Gasteiger partial charge in [-0.2, -0.15) is 0 Å². The number of carboxylic acid groups (broad SMARTS) is 1. The minimum absolute atomic E-state index is 0.0584. The number of anilines is 1. The fourth-order valence-corrected chi connectivity index (χ4v) is 1.33. The van der Waals surface area contributed by atoms with E-state index in [0.29, 0.717) is 11.6 Å². The first-order chi connectivity index (χ1) is 7.79. The van der Waals surface area contributed by atoms with Gasteiger partial charge in [0.25, 0.3) is 0 Å². The van der Waals surface area contributed by atoms with Gasteiger partial charge in [-0.25, -0.2) is 14.8 Å². The fraction of sp³-hybridized carbons (Fsp3) is 0.583. The van der Waals surface area contributed by atoms with Crippen molar-refractivity contribution in [2.75, 3.05) is 11.9 Å². The Balaban J connectivity index is 3.10. The van der Waals surface area contributed by atoms with Gasteiger partial charge in [-0.05, 0) is 27.2 Å². The van der Waals surface area contributed by atoms with Crippen molar-refractivity contribution < 1.29 is 9.90 Å². The van der Waals surface area contributed by atoms with Gasteiger partial charge in [0, 0.05) is 18.8 Å². The number of nitrogens with zero attached hydrogens (tertiary/aromatic N) is 3. The predicted molar refractivity (Wildman–Crippen MR) is 66.5 cm³/mol. The summed E-state index contributed by atoms with van der Waals surface area (Å²) in [6, 6.07) is 0.